The van der Waals surface area contributed by atoms with Crippen LogP contribution in [0.3, 0.4) is 0 Å². The molecule has 2 N–H and O–H groups in total. The highest BCUT2D eigenvalue weighted by Gasteiger charge is 2.29. The number of carbonyl (C=O) groups excluding carboxylic acids is 1. The number of amides is 1. The van der Waals surface area contributed by atoms with Gasteiger partial charge in [0.15, 0.2) is 5.82 Å². The molecule has 0 radical (unpaired) electrons. The first kappa shape index (κ1) is 27.5. The molecule has 1 saturated heterocycles. The van der Waals surface area contributed by atoms with Crippen LogP contribution in [0.15, 0.2) is 42.9 Å². The lowest BCUT2D eigenvalue weighted by Gasteiger charge is -2.38. The summed E-state index contributed by atoms with van der Waals surface area (Å²) in [5.41, 5.74) is 2.84. The quantitative estimate of drug-likeness (QED) is 0.257. The summed E-state index contributed by atoms with van der Waals surface area (Å²) in [5.74, 6) is -0.462. The van der Waals surface area contributed by atoms with Crippen molar-refractivity contribution in [2.45, 2.75) is 25.4 Å². The first-order valence-corrected chi connectivity index (χ1v) is 12.9. The van der Waals surface area contributed by atoms with Crippen LogP contribution in [0.4, 0.5) is 14.7 Å². The predicted octanol–water partition coefficient (Wildman–Crippen LogP) is 2.97. The highest BCUT2D eigenvalue weighted by molar-refractivity contribution is 5.93. The van der Waals surface area contributed by atoms with Crippen molar-refractivity contribution in [3.05, 3.63) is 54.4 Å². The summed E-state index contributed by atoms with van der Waals surface area (Å²) >= 11 is 0. The van der Waals surface area contributed by atoms with Gasteiger partial charge in [0.2, 0.25) is 11.8 Å². The monoisotopic (exact) mass is 554 g/mol. The molecule has 4 aromatic rings. The van der Waals surface area contributed by atoms with E-state index in [0.29, 0.717) is 55.1 Å². The number of hydrogen-bond acceptors (Lipinski definition) is 8. The van der Waals surface area contributed by atoms with Crippen molar-refractivity contribution in [1.82, 2.24) is 34.2 Å². The highest BCUT2D eigenvalue weighted by Crippen LogP contribution is 2.34. The minimum absolute atomic E-state index is 0.154. The Balaban J connectivity index is 1.51. The standard InChI is InChI=1S/C27H32F2N8O3/c1-16(2)9-18(12-35(8-7-28)19-14-40-15-19)32-27-33-26(39-4)24-23(20(29)13-37(24)34-27)17-5-6-22-31-10-21(25(38)30-3)36(22)11-17/h5-6,10-11,13,18-19H,1,7-9,12,14-15H2,2-4H3,(H,30,38)(H,32,34)/t18-/m0/s1. The Morgan fingerprint density at radius 1 is 1.35 bits per heavy atom. The smallest absolute Gasteiger partial charge is 0.269 e. The number of pyridine rings is 1. The largest absolute Gasteiger partial charge is 0.479 e. The van der Waals surface area contributed by atoms with Gasteiger partial charge >= 0.3 is 0 Å². The van der Waals surface area contributed by atoms with Crippen molar-refractivity contribution in [1.29, 1.82) is 0 Å². The second-order valence-electron chi connectivity index (χ2n) is 9.84. The number of anilines is 1. The average molecular weight is 555 g/mol. The Morgan fingerprint density at radius 2 is 2.15 bits per heavy atom. The number of aromatic nitrogens is 5. The van der Waals surface area contributed by atoms with E-state index in [0.717, 1.165) is 5.57 Å². The molecule has 0 aliphatic carbocycles. The van der Waals surface area contributed by atoms with Gasteiger partial charge in [-0.25, -0.2) is 18.3 Å². The SMILES string of the molecule is C=C(C)C[C@@H](CN(CCF)C1COC1)Nc1nc(OC)c2c(-c3ccc4ncc(C(=O)NC)n4c3)c(F)cn2n1. The molecule has 11 nitrogen and oxygen atoms in total. The number of alkyl halides is 1. The first-order valence-electron chi connectivity index (χ1n) is 12.9. The zero-order valence-corrected chi connectivity index (χ0v) is 22.7. The van der Waals surface area contributed by atoms with Crippen LogP contribution >= 0.6 is 0 Å². The van der Waals surface area contributed by atoms with Gasteiger partial charge in [-0.3, -0.25) is 14.1 Å². The molecule has 0 spiro atoms. The third kappa shape index (κ3) is 5.34. The molecule has 1 atom stereocenters. The number of methoxy groups -OCH3 is 1. The second kappa shape index (κ2) is 11.6. The topological polar surface area (TPSA) is 110 Å². The van der Waals surface area contributed by atoms with Crippen LogP contribution < -0.4 is 15.4 Å². The van der Waals surface area contributed by atoms with E-state index < -0.39 is 12.5 Å². The number of halogens is 2. The zero-order valence-electron chi connectivity index (χ0n) is 22.7. The molecule has 5 rings (SSSR count). The lowest BCUT2D eigenvalue weighted by atomic mass is 10.1. The van der Waals surface area contributed by atoms with Gasteiger partial charge in [0.25, 0.3) is 5.91 Å². The average Bonchev–Trinajstić information content (AvgIpc) is 3.46. The third-order valence-electron chi connectivity index (χ3n) is 6.89. The minimum atomic E-state index is -0.539. The van der Waals surface area contributed by atoms with Crippen LogP contribution in [0.2, 0.25) is 0 Å². The maximum atomic E-state index is 15.5. The molecule has 0 bridgehead atoms. The Bertz CT molecular complexity index is 1550. The molecular weight excluding hydrogens is 522 g/mol. The molecule has 1 fully saturated rings. The molecule has 5 heterocycles. The van der Waals surface area contributed by atoms with Gasteiger partial charge in [-0.15, -0.1) is 11.7 Å². The van der Waals surface area contributed by atoms with Crippen LogP contribution in [-0.2, 0) is 4.74 Å². The van der Waals surface area contributed by atoms with E-state index in [1.54, 1.807) is 22.7 Å². The van der Waals surface area contributed by atoms with E-state index in [1.807, 2.05) is 11.8 Å². The number of nitrogens with zero attached hydrogens (tertiary/aromatic N) is 6. The van der Waals surface area contributed by atoms with Crippen molar-refractivity contribution >= 4 is 23.0 Å². The van der Waals surface area contributed by atoms with E-state index in [9.17, 15) is 9.18 Å². The summed E-state index contributed by atoms with van der Waals surface area (Å²) in [6, 6.07) is 3.39. The first-order chi connectivity index (χ1) is 19.3. The maximum Gasteiger partial charge on any atom is 0.269 e. The normalized spacial score (nSPS) is 14.4. The van der Waals surface area contributed by atoms with E-state index in [4.69, 9.17) is 9.47 Å². The lowest BCUT2D eigenvalue weighted by molar-refractivity contribution is -0.0669. The fourth-order valence-electron chi connectivity index (χ4n) is 4.94. The molecule has 212 valence electrons. The Kier molecular flexibility index (Phi) is 7.94. The molecule has 0 unspecified atom stereocenters. The van der Waals surface area contributed by atoms with E-state index >= 15 is 4.39 Å². The van der Waals surface area contributed by atoms with Gasteiger partial charge in [-0.1, -0.05) is 5.57 Å². The van der Waals surface area contributed by atoms with Crippen molar-refractivity contribution in [3.63, 3.8) is 0 Å². The third-order valence-corrected chi connectivity index (χ3v) is 6.89. The van der Waals surface area contributed by atoms with E-state index in [1.165, 1.54) is 31.1 Å². The van der Waals surface area contributed by atoms with Crippen LogP contribution in [0.25, 0.3) is 22.3 Å². The molecule has 1 aliphatic heterocycles. The summed E-state index contributed by atoms with van der Waals surface area (Å²) in [6.07, 6.45) is 4.96. The Morgan fingerprint density at radius 3 is 2.80 bits per heavy atom. The zero-order chi connectivity index (χ0) is 28.4. The van der Waals surface area contributed by atoms with Crippen molar-refractivity contribution < 1.29 is 23.0 Å². The summed E-state index contributed by atoms with van der Waals surface area (Å²) in [4.78, 5) is 23.1. The Hall–Kier alpha value is -4.10. The highest BCUT2D eigenvalue weighted by atomic mass is 19.1. The number of fused-ring (bicyclic) bond motifs is 2. The molecular formula is C27H32F2N8O3. The molecule has 40 heavy (non-hydrogen) atoms. The number of hydrogen-bond donors (Lipinski definition) is 2. The van der Waals surface area contributed by atoms with Gasteiger partial charge < -0.3 is 20.1 Å². The molecule has 0 aromatic carbocycles. The predicted molar refractivity (Wildman–Crippen MR) is 146 cm³/mol. The fraction of sp³-hybridized carbons (Fsp3) is 0.407. The second-order valence-corrected chi connectivity index (χ2v) is 9.84. The summed E-state index contributed by atoms with van der Waals surface area (Å²) < 4.78 is 42.6. The van der Waals surface area contributed by atoms with Gasteiger partial charge in [0, 0.05) is 37.9 Å². The molecule has 13 heteroatoms. The van der Waals surface area contributed by atoms with Crippen molar-refractivity contribution in [2.75, 3.05) is 52.5 Å². The van der Waals surface area contributed by atoms with Crippen LogP contribution in [0.5, 0.6) is 5.88 Å². The van der Waals surface area contributed by atoms with Gasteiger partial charge in [0.1, 0.15) is 23.5 Å². The maximum absolute atomic E-state index is 15.5. The number of carbonyl (C=O) groups is 1. The number of nitrogens with one attached hydrogen (secondary N) is 2. The minimum Gasteiger partial charge on any atom is -0.479 e. The van der Waals surface area contributed by atoms with Crippen LogP contribution in [-0.4, -0.2) is 94.0 Å². The van der Waals surface area contributed by atoms with Crippen molar-refractivity contribution in [2.24, 2.45) is 0 Å². The number of rotatable bonds is 12. The van der Waals surface area contributed by atoms with Crippen LogP contribution in [0, 0.1) is 5.82 Å². The summed E-state index contributed by atoms with van der Waals surface area (Å²) in [5, 5.41) is 10.4. The fourth-order valence-corrected chi connectivity index (χ4v) is 4.94. The molecule has 0 saturated carbocycles. The van der Waals surface area contributed by atoms with Gasteiger partial charge in [0.05, 0.1) is 44.3 Å². The van der Waals surface area contributed by atoms with Gasteiger partial charge in [-0.05, 0) is 25.5 Å². The molecule has 1 aliphatic rings. The number of imidazole rings is 1. The molecule has 1 amide bonds. The van der Waals surface area contributed by atoms with E-state index in [-0.39, 0.29) is 35.4 Å². The lowest BCUT2D eigenvalue weighted by Crippen LogP contribution is -2.53. The van der Waals surface area contributed by atoms with E-state index in [2.05, 4.69) is 32.3 Å². The van der Waals surface area contributed by atoms with Crippen LogP contribution in [0.1, 0.15) is 23.8 Å². The van der Waals surface area contributed by atoms with Crippen molar-refractivity contribution in [3.8, 4) is 17.0 Å². The van der Waals surface area contributed by atoms with Gasteiger partial charge in [-0.2, -0.15) is 4.98 Å². The summed E-state index contributed by atoms with van der Waals surface area (Å²) in [6.45, 7) is 7.44. The number of ether oxygens (including phenoxy) is 2. The molecule has 4 aromatic heterocycles. The summed E-state index contributed by atoms with van der Waals surface area (Å²) in [7, 11) is 2.98. The Labute approximate surface area is 229 Å².